The van der Waals surface area contributed by atoms with Crippen molar-refractivity contribution >= 4 is 29.0 Å². The topological polar surface area (TPSA) is 80.7 Å². The maximum Gasteiger partial charge on any atom is 0.418 e. The van der Waals surface area contributed by atoms with Gasteiger partial charge in [-0.3, -0.25) is 9.78 Å². The summed E-state index contributed by atoms with van der Waals surface area (Å²) in [5.41, 5.74) is 1.95. The van der Waals surface area contributed by atoms with Crippen LogP contribution in [0.1, 0.15) is 24.8 Å². The third kappa shape index (κ3) is 7.69. The smallest absolute Gasteiger partial charge is 0.418 e. The molecule has 1 aromatic heterocycles. The van der Waals surface area contributed by atoms with E-state index in [9.17, 15) is 23.1 Å². The fourth-order valence-electron chi connectivity index (χ4n) is 5.45. The molecule has 42 heavy (non-hydrogen) atoms. The molecular weight excluding hydrogens is 563 g/mol. The first-order valence-electron chi connectivity index (χ1n) is 14.3. The largest absolute Gasteiger partial charge is 0.508 e. The summed E-state index contributed by atoms with van der Waals surface area (Å²) < 4.78 is 41.5. The van der Waals surface area contributed by atoms with Gasteiger partial charge < -0.3 is 25.5 Å². The summed E-state index contributed by atoms with van der Waals surface area (Å²) in [5.74, 6) is 1.66. The van der Waals surface area contributed by atoms with Crippen LogP contribution in [-0.4, -0.2) is 72.5 Å². The van der Waals surface area contributed by atoms with Crippen LogP contribution in [0.5, 0.6) is 5.75 Å². The summed E-state index contributed by atoms with van der Waals surface area (Å²) in [5, 5.41) is 15.8. The van der Waals surface area contributed by atoms with E-state index in [1.807, 2.05) is 29.3 Å². The number of piperazine rings is 1. The Morgan fingerprint density at radius 2 is 1.79 bits per heavy atom. The molecule has 0 bridgehead atoms. The van der Waals surface area contributed by atoms with E-state index in [2.05, 4.69) is 15.6 Å². The number of phenols is 1. The number of carbonyl (C=O) groups is 1. The second-order valence-electron chi connectivity index (χ2n) is 10.7. The number of amides is 1. The molecule has 7 nitrogen and oxygen atoms in total. The maximum atomic E-state index is 13.8. The normalized spacial score (nSPS) is 16.5. The van der Waals surface area contributed by atoms with Crippen molar-refractivity contribution in [2.75, 3.05) is 61.8 Å². The zero-order valence-electron chi connectivity index (χ0n) is 23.4. The Bertz CT molecular complexity index is 1340. The first kappa shape index (κ1) is 30.0. The van der Waals surface area contributed by atoms with Crippen molar-refractivity contribution in [3.05, 3.63) is 66.5 Å². The number of nitrogens with one attached hydrogen (secondary N) is 2. The molecule has 0 atom stereocenters. The zero-order valence-corrected chi connectivity index (χ0v) is 24.2. The van der Waals surface area contributed by atoms with E-state index in [1.165, 1.54) is 6.07 Å². The second kappa shape index (κ2) is 13.7. The van der Waals surface area contributed by atoms with E-state index in [0.717, 1.165) is 40.7 Å². The molecule has 2 fully saturated rings. The van der Waals surface area contributed by atoms with Gasteiger partial charge >= 0.3 is 6.18 Å². The average molecular weight is 600 g/mol. The fraction of sp³-hybridized carbons (Fsp3) is 0.419. The summed E-state index contributed by atoms with van der Waals surface area (Å²) in [4.78, 5) is 21.9. The van der Waals surface area contributed by atoms with Crippen molar-refractivity contribution in [3.63, 3.8) is 0 Å². The van der Waals surface area contributed by atoms with Crippen LogP contribution < -0.4 is 15.5 Å². The SMILES string of the molecule is O=C(CCNc1ccc(N2CCNCC2)c(C(F)(F)F)c1)N1CCC(CSc2ccncc2-c2ccc(O)cc2)CC1. The molecule has 224 valence electrons. The number of phenolic OH excluding ortho intramolecular Hbond substituents is 1. The number of nitrogens with zero attached hydrogens (tertiary/aromatic N) is 3. The van der Waals surface area contributed by atoms with Gasteiger partial charge in [-0.15, -0.1) is 11.8 Å². The summed E-state index contributed by atoms with van der Waals surface area (Å²) in [6.07, 6.45) is 1.22. The van der Waals surface area contributed by atoms with E-state index in [4.69, 9.17) is 0 Å². The van der Waals surface area contributed by atoms with E-state index in [0.29, 0.717) is 50.9 Å². The van der Waals surface area contributed by atoms with Crippen LogP contribution in [0, 0.1) is 5.92 Å². The summed E-state index contributed by atoms with van der Waals surface area (Å²) in [7, 11) is 0. The Morgan fingerprint density at radius 1 is 1.05 bits per heavy atom. The standard InChI is InChI=1S/C31H36F3N5O2S/c32-31(33,34)27-19-24(3-6-28(27)38-17-13-35-14-18-38)37-12-8-30(41)39-15-9-22(10-16-39)21-42-29-7-11-36-20-26(29)23-1-4-25(40)5-2-23/h1-7,11,19-20,22,35,37,40H,8-10,12-18,21H2. The van der Waals surface area contributed by atoms with Gasteiger partial charge in [0.1, 0.15) is 5.75 Å². The molecule has 2 aliphatic rings. The highest BCUT2D eigenvalue weighted by molar-refractivity contribution is 7.99. The monoisotopic (exact) mass is 599 g/mol. The number of benzene rings is 2. The zero-order chi connectivity index (χ0) is 29.5. The van der Waals surface area contributed by atoms with Gasteiger partial charge in [-0.2, -0.15) is 13.2 Å². The van der Waals surface area contributed by atoms with Crippen molar-refractivity contribution < 1.29 is 23.1 Å². The quantitative estimate of drug-likeness (QED) is 0.272. The highest BCUT2D eigenvalue weighted by Crippen LogP contribution is 2.39. The first-order valence-corrected chi connectivity index (χ1v) is 15.3. The number of aromatic hydroxyl groups is 1. The molecule has 3 aromatic rings. The number of thioether (sulfide) groups is 1. The number of anilines is 2. The van der Waals surface area contributed by atoms with Crippen LogP contribution >= 0.6 is 11.8 Å². The van der Waals surface area contributed by atoms with Crippen LogP contribution in [-0.2, 0) is 11.0 Å². The molecule has 0 unspecified atom stereocenters. The maximum absolute atomic E-state index is 13.8. The molecule has 3 heterocycles. The highest BCUT2D eigenvalue weighted by Gasteiger charge is 2.35. The average Bonchev–Trinajstić information content (AvgIpc) is 3.01. The lowest BCUT2D eigenvalue weighted by Gasteiger charge is -2.32. The number of aromatic nitrogens is 1. The fourth-order valence-corrected chi connectivity index (χ4v) is 6.68. The predicted molar refractivity (Wildman–Crippen MR) is 161 cm³/mol. The van der Waals surface area contributed by atoms with Gasteiger partial charge in [-0.25, -0.2) is 0 Å². The van der Waals surface area contributed by atoms with Crippen molar-refractivity contribution in [2.24, 2.45) is 5.92 Å². The Balaban J connectivity index is 1.08. The minimum Gasteiger partial charge on any atom is -0.508 e. The Hall–Kier alpha value is -3.44. The molecule has 3 N–H and O–H groups in total. The molecule has 11 heteroatoms. The van der Waals surface area contributed by atoms with E-state index in [1.54, 1.807) is 41.1 Å². The Morgan fingerprint density at radius 3 is 2.50 bits per heavy atom. The van der Waals surface area contributed by atoms with E-state index < -0.39 is 11.7 Å². The number of rotatable bonds is 9. The van der Waals surface area contributed by atoms with Crippen LogP contribution in [0.25, 0.3) is 11.1 Å². The number of pyridine rings is 1. The molecule has 0 aliphatic carbocycles. The molecule has 2 saturated heterocycles. The molecule has 2 aliphatic heterocycles. The highest BCUT2D eigenvalue weighted by atomic mass is 32.2. The molecule has 0 spiro atoms. The molecule has 0 saturated carbocycles. The number of piperidine rings is 1. The Kier molecular flexibility index (Phi) is 9.79. The van der Waals surface area contributed by atoms with Crippen molar-refractivity contribution in [1.82, 2.24) is 15.2 Å². The van der Waals surface area contributed by atoms with Crippen LogP contribution in [0.2, 0.25) is 0 Å². The third-order valence-electron chi connectivity index (χ3n) is 7.83. The van der Waals surface area contributed by atoms with Gasteiger partial charge in [0.2, 0.25) is 5.91 Å². The number of hydrogen-bond donors (Lipinski definition) is 3. The van der Waals surface area contributed by atoms with Crippen molar-refractivity contribution in [3.8, 4) is 16.9 Å². The summed E-state index contributed by atoms with van der Waals surface area (Å²) in [6.45, 7) is 4.02. The lowest BCUT2D eigenvalue weighted by molar-refractivity contribution is -0.137. The van der Waals surface area contributed by atoms with Crippen LogP contribution in [0.15, 0.2) is 65.8 Å². The molecule has 0 radical (unpaired) electrons. The number of halogens is 3. The third-order valence-corrected chi connectivity index (χ3v) is 9.13. The van der Waals surface area contributed by atoms with Crippen LogP contribution in [0.3, 0.4) is 0 Å². The number of alkyl halides is 3. The molecule has 2 aromatic carbocycles. The predicted octanol–water partition coefficient (Wildman–Crippen LogP) is 5.72. The molecular formula is C31H36F3N5O2S. The lowest BCUT2D eigenvalue weighted by atomic mass is 9.99. The number of likely N-dealkylation sites (tertiary alicyclic amines) is 1. The second-order valence-corrected chi connectivity index (χ2v) is 11.8. The van der Waals surface area contributed by atoms with Crippen molar-refractivity contribution in [1.29, 1.82) is 0 Å². The Labute approximate surface area is 248 Å². The summed E-state index contributed by atoms with van der Waals surface area (Å²) >= 11 is 1.78. The number of carbonyl (C=O) groups excluding carboxylic acids is 1. The van der Waals surface area contributed by atoms with Gasteiger partial charge in [0, 0.05) is 92.2 Å². The van der Waals surface area contributed by atoms with Gasteiger partial charge in [-0.1, -0.05) is 12.1 Å². The molecule has 5 rings (SSSR count). The van der Waals surface area contributed by atoms with Gasteiger partial charge in [0.05, 0.1) is 5.56 Å². The minimum atomic E-state index is -4.46. The first-order chi connectivity index (χ1) is 20.3. The molecule has 1 amide bonds. The minimum absolute atomic E-state index is 0.0193. The summed E-state index contributed by atoms with van der Waals surface area (Å²) in [6, 6.07) is 13.5. The van der Waals surface area contributed by atoms with Gasteiger partial charge in [-0.05, 0) is 60.7 Å². The van der Waals surface area contributed by atoms with Crippen molar-refractivity contribution in [2.45, 2.75) is 30.3 Å². The van der Waals surface area contributed by atoms with Gasteiger partial charge in [0.15, 0.2) is 0 Å². The number of hydrogen-bond acceptors (Lipinski definition) is 7. The van der Waals surface area contributed by atoms with Crippen LogP contribution in [0.4, 0.5) is 24.5 Å². The van der Waals surface area contributed by atoms with E-state index in [-0.39, 0.29) is 30.3 Å². The van der Waals surface area contributed by atoms with Gasteiger partial charge in [0.25, 0.3) is 0 Å². The lowest BCUT2D eigenvalue weighted by Crippen LogP contribution is -2.44. The van der Waals surface area contributed by atoms with E-state index >= 15 is 0 Å².